The molecule has 120 valence electrons. The van der Waals surface area contributed by atoms with Crippen LogP contribution in [0.4, 0.5) is 0 Å². The van der Waals surface area contributed by atoms with Crippen LogP contribution in [0.5, 0.6) is 0 Å². The molecule has 0 spiro atoms. The molecule has 0 saturated carbocycles. The number of benzene rings is 1. The number of nitrogens with one attached hydrogen (secondary N) is 1. The first-order chi connectivity index (χ1) is 9.99. The summed E-state index contributed by atoms with van der Waals surface area (Å²) < 4.78 is 5.46. The second kappa shape index (κ2) is 9.38. The molecule has 1 rings (SSSR count). The Hall–Kier alpha value is -0.650. The van der Waals surface area contributed by atoms with Gasteiger partial charge in [0.1, 0.15) is 0 Å². The summed E-state index contributed by atoms with van der Waals surface area (Å²) >= 11 is 5.80. The molecule has 0 fully saturated rings. The summed E-state index contributed by atoms with van der Waals surface area (Å²) in [7, 11) is 0. The number of halogens is 1. The molecule has 3 N–H and O–H groups in total. The zero-order valence-electron chi connectivity index (χ0n) is 12.8. The van der Waals surface area contributed by atoms with Gasteiger partial charge in [0.05, 0.1) is 24.9 Å². The maximum atomic E-state index is 10.1. The zero-order chi connectivity index (χ0) is 15.7. The lowest BCUT2D eigenvalue weighted by Crippen LogP contribution is -2.42. The average Bonchev–Trinajstić information content (AvgIpc) is 2.49. The molecule has 1 aromatic rings. The van der Waals surface area contributed by atoms with Crippen LogP contribution in [-0.4, -0.2) is 41.6 Å². The molecule has 5 heteroatoms. The first kappa shape index (κ1) is 18.4. The quantitative estimate of drug-likeness (QED) is 0.620. The average molecular weight is 316 g/mol. The van der Waals surface area contributed by atoms with Crippen molar-refractivity contribution in [3.8, 4) is 0 Å². The fraction of sp³-hybridized carbons (Fsp3) is 0.625. The third kappa shape index (κ3) is 7.25. The van der Waals surface area contributed by atoms with Crippen molar-refractivity contribution < 1.29 is 14.9 Å². The van der Waals surface area contributed by atoms with Gasteiger partial charge in [-0.25, -0.2) is 0 Å². The minimum atomic E-state index is -0.691. The largest absolute Gasteiger partial charge is 0.389 e. The Kier molecular flexibility index (Phi) is 8.22. The summed E-state index contributed by atoms with van der Waals surface area (Å²) in [5, 5.41) is 23.7. The number of aliphatic hydroxyl groups is 2. The summed E-state index contributed by atoms with van der Waals surface area (Å²) in [6, 6.07) is 7.42. The van der Waals surface area contributed by atoms with Crippen LogP contribution in [0.2, 0.25) is 5.02 Å². The van der Waals surface area contributed by atoms with Crippen LogP contribution in [0.3, 0.4) is 0 Å². The molecule has 0 saturated heterocycles. The standard InChI is InChI=1S/C16H26ClNO3/c1-3-16(20,4-2)12-18-9-15(19)11-21-10-13-5-7-14(17)8-6-13/h5-8,15,18-20H,3-4,9-12H2,1-2H3. The second-order valence-electron chi connectivity index (χ2n) is 5.36. The summed E-state index contributed by atoms with van der Waals surface area (Å²) in [4.78, 5) is 0. The molecular formula is C16H26ClNO3. The van der Waals surface area contributed by atoms with Gasteiger partial charge in [-0.15, -0.1) is 0 Å². The van der Waals surface area contributed by atoms with E-state index in [2.05, 4.69) is 5.32 Å². The molecule has 0 bridgehead atoms. The highest BCUT2D eigenvalue weighted by atomic mass is 35.5. The topological polar surface area (TPSA) is 61.7 Å². The minimum absolute atomic E-state index is 0.256. The van der Waals surface area contributed by atoms with E-state index in [1.54, 1.807) is 0 Å². The monoisotopic (exact) mass is 315 g/mol. The van der Waals surface area contributed by atoms with Crippen LogP contribution in [0.25, 0.3) is 0 Å². The van der Waals surface area contributed by atoms with E-state index in [0.717, 1.165) is 5.56 Å². The number of rotatable bonds is 10. The summed E-state index contributed by atoms with van der Waals surface area (Å²) in [6.45, 7) is 5.50. The predicted octanol–water partition coefficient (Wildman–Crippen LogP) is 2.36. The molecule has 4 nitrogen and oxygen atoms in total. The molecule has 1 aromatic carbocycles. The number of aliphatic hydroxyl groups excluding tert-OH is 1. The molecule has 0 aliphatic rings. The van der Waals surface area contributed by atoms with Gasteiger partial charge >= 0.3 is 0 Å². The zero-order valence-corrected chi connectivity index (χ0v) is 13.6. The van der Waals surface area contributed by atoms with E-state index in [1.807, 2.05) is 38.1 Å². The smallest absolute Gasteiger partial charge is 0.0897 e. The number of ether oxygens (including phenoxy) is 1. The van der Waals surface area contributed by atoms with Gasteiger partial charge in [0.2, 0.25) is 0 Å². The Balaban J connectivity index is 2.16. The second-order valence-corrected chi connectivity index (χ2v) is 5.79. The molecule has 0 aliphatic heterocycles. The van der Waals surface area contributed by atoms with E-state index in [-0.39, 0.29) is 6.61 Å². The Morgan fingerprint density at radius 3 is 2.43 bits per heavy atom. The first-order valence-electron chi connectivity index (χ1n) is 7.42. The van der Waals surface area contributed by atoms with Crippen molar-refractivity contribution >= 4 is 11.6 Å². The normalized spacial score (nSPS) is 13.4. The van der Waals surface area contributed by atoms with E-state index in [4.69, 9.17) is 16.3 Å². The highest BCUT2D eigenvalue weighted by Gasteiger charge is 2.21. The summed E-state index contributed by atoms with van der Waals surface area (Å²) in [5.41, 5.74) is 0.329. The molecule has 0 aromatic heterocycles. The Bertz CT molecular complexity index is 393. The van der Waals surface area contributed by atoms with Crippen LogP contribution in [0.1, 0.15) is 32.3 Å². The molecule has 0 radical (unpaired) electrons. The van der Waals surface area contributed by atoms with Crippen LogP contribution >= 0.6 is 11.6 Å². The van der Waals surface area contributed by atoms with Gasteiger partial charge in [-0.05, 0) is 30.5 Å². The third-order valence-electron chi connectivity index (χ3n) is 3.64. The summed E-state index contributed by atoms with van der Waals surface area (Å²) in [6.07, 6.45) is 0.800. The van der Waals surface area contributed by atoms with Crippen molar-refractivity contribution in [3.63, 3.8) is 0 Å². The lowest BCUT2D eigenvalue weighted by molar-refractivity contribution is 0.0128. The highest BCUT2D eigenvalue weighted by molar-refractivity contribution is 6.30. The first-order valence-corrected chi connectivity index (χ1v) is 7.80. The molecule has 1 unspecified atom stereocenters. The summed E-state index contributed by atoms with van der Waals surface area (Å²) in [5.74, 6) is 0. The van der Waals surface area contributed by atoms with Gasteiger partial charge in [0.15, 0.2) is 0 Å². The fourth-order valence-corrected chi connectivity index (χ4v) is 2.05. The Labute approximate surface area is 132 Å². The molecule has 0 amide bonds. The third-order valence-corrected chi connectivity index (χ3v) is 3.89. The lowest BCUT2D eigenvalue weighted by atomic mass is 9.97. The van der Waals surface area contributed by atoms with Crippen LogP contribution < -0.4 is 5.32 Å². The van der Waals surface area contributed by atoms with Crippen molar-refractivity contribution in [2.45, 2.75) is 45.0 Å². The van der Waals surface area contributed by atoms with E-state index in [0.29, 0.717) is 37.6 Å². The van der Waals surface area contributed by atoms with Gasteiger partial charge in [-0.1, -0.05) is 37.6 Å². The van der Waals surface area contributed by atoms with Crippen molar-refractivity contribution in [2.75, 3.05) is 19.7 Å². The Morgan fingerprint density at radius 2 is 1.86 bits per heavy atom. The Morgan fingerprint density at radius 1 is 1.24 bits per heavy atom. The maximum absolute atomic E-state index is 10.1. The molecule has 1 atom stereocenters. The molecule has 21 heavy (non-hydrogen) atoms. The van der Waals surface area contributed by atoms with Crippen molar-refractivity contribution in [3.05, 3.63) is 34.9 Å². The molecular weight excluding hydrogens is 290 g/mol. The minimum Gasteiger partial charge on any atom is -0.389 e. The van der Waals surface area contributed by atoms with Gasteiger partial charge in [-0.2, -0.15) is 0 Å². The fourth-order valence-electron chi connectivity index (χ4n) is 1.92. The number of hydrogen-bond acceptors (Lipinski definition) is 4. The van der Waals surface area contributed by atoms with Gasteiger partial charge in [-0.3, -0.25) is 0 Å². The SMILES string of the molecule is CCC(O)(CC)CNCC(O)COCc1ccc(Cl)cc1. The van der Waals surface area contributed by atoms with Crippen LogP contribution in [0.15, 0.2) is 24.3 Å². The van der Waals surface area contributed by atoms with Crippen molar-refractivity contribution in [1.29, 1.82) is 0 Å². The lowest BCUT2D eigenvalue weighted by Gasteiger charge is -2.26. The maximum Gasteiger partial charge on any atom is 0.0897 e. The van der Waals surface area contributed by atoms with Gasteiger partial charge in [0, 0.05) is 18.1 Å². The van der Waals surface area contributed by atoms with E-state index >= 15 is 0 Å². The van der Waals surface area contributed by atoms with Crippen LogP contribution in [0, 0.1) is 0 Å². The van der Waals surface area contributed by atoms with Crippen LogP contribution in [-0.2, 0) is 11.3 Å². The van der Waals surface area contributed by atoms with Gasteiger partial charge in [0.25, 0.3) is 0 Å². The van der Waals surface area contributed by atoms with Crippen molar-refractivity contribution in [1.82, 2.24) is 5.32 Å². The highest BCUT2D eigenvalue weighted by Crippen LogP contribution is 2.13. The predicted molar refractivity (Wildman–Crippen MR) is 85.5 cm³/mol. The number of hydrogen-bond donors (Lipinski definition) is 3. The van der Waals surface area contributed by atoms with E-state index in [1.165, 1.54) is 0 Å². The molecule has 0 aliphatic carbocycles. The van der Waals surface area contributed by atoms with Crippen molar-refractivity contribution in [2.24, 2.45) is 0 Å². The van der Waals surface area contributed by atoms with Gasteiger partial charge < -0.3 is 20.3 Å². The molecule has 0 heterocycles. The van der Waals surface area contributed by atoms with E-state index in [9.17, 15) is 10.2 Å². The van der Waals surface area contributed by atoms with E-state index < -0.39 is 11.7 Å².